The van der Waals surface area contributed by atoms with Gasteiger partial charge in [0, 0.05) is 39.3 Å². The van der Waals surface area contributed by atoms with Gasteiger partial charge in [-0.1, -0.05) is 177 Å². The van der Waals surface area contributed by atoms with Crippen molar-refractivity contribution in [1.29, 1.82) is 0 Å². The molecule has 0 N–H and O–H groups in total. The summed E-state index contributed by atoms with van der Waals surface area (Å²) >= 11 is 0. The number of benzene rings is 7. The van der Waals surface area contributed by atoms with E-state index in [1.807, 2.05) is 72.8 Å². The van der Waals surface area contributed by atoms with E-state index in [0.29, 0.717) is 33.4 Å². The second-order valence-corrected chi connectivity index (χ2v) is 14.9. The standard InChI is InChI=1S/C60H42.2H2/c1-43-7-19-49(20-8-43)31-37-55-56(38-32-50-21-9-44(2)10-22-50)58(40-34-52-25-13-46(4)14-26-52)60(42-36-54-29-17-48(6)18-30-54)59(41-35-53-27-15-47(5)16-28-53)57(55)39-33-51-23-11-45(3)12-24-51;;/h7-30H,1-6H3;2*1H/i;2*1+1D. The molecule has 0 radical (unpaired) electrons. The maximum absolute atomic E-state index is 5.00. The van der Waals surface area contributed by atoms with Crippen LogP contribution in [0.2, 0.25) is 0 Å². The number of rotatable bonds is 0. The second kappa shape index (κ2) is 18.9. The van der Waals surface area contributed by atoms with E-state index in [1.54, 1.807) is 0 Å². The molecule has 0 amide bonds. The maximum Gasteiger partial charge on any atom is 0.0588 e. The van der Waals surface area contributed by atoms with E-state index in [-0.39, 0.29) is 0 Å². The van der Waals surface area contributed by atoms with E-state index in [2.05, 4.69) is 185 Å². The minimum atomic E-state index is 0.650. The molecule has 0 aliphatic carbocycles. The van der Waals surface area contributed by atoms with Crippen molar-refractivity contribution in [2.45, 2.75) is 41.5 Å². The molecule has 0 heteroatoms. The van der Waals surface area contributed by atoms with Gasteiger partial charge >= 0.3 is 0 Å². The Balaban J connectivity index is 0.00000187. The van der Waals surface area contributed by atoms with Crippen molar-refractivity contribution in [3.05, 3.63) is 246 Å². The molecular formula is C60H46. The first-order valence-corrected chi connectivity index (χ1v) is 19.9. The predicted octanol–water partition coefficient (Wildman–Crippen LogP) is 12.4. The van der Waals surface area contributed by atoms with Gasteiger partial charge in [0.05, 0.1) is 33.4 Å². The largest absolute Gasteiger partial charge is 0.0616 e. The molecular weight excluding hydrogens is 721 g/mol. The van der Waals surface area contributed by atoms with Crippen molar-refractivity contribution < 1.29 is 5.94 Å². The molecule has 7 aromatic carbocycles. The van der Waals surface area contributed by atoms with Crippen LogP contribution >= 0.6 is 0 Å². The molecule has 0 atom stereocenters. The van der Waals surface area contributed by atoms with Crippen molar-refractivity contribution >= 4 is 0 Å². The molecule has 0 saturated heterocycles. The zero-order valence-electron chi connectivity index (χ0n) is 38.9. The van der Waals surface area contributed by atoms with Crippen molar-refractivity contribution in [3.8, 4) is 71.0 Å². The van der Waals surface area contributed by atoms with Gasteiger partial charge in [-0.3, -0.25) is 0 Å². The summed E-state index contributed by atoms with van der Waals surface area (Å²) in [6.45, 7) is 12.4. The number of aryl methyl sites for hydroxylation is 6. The van der Waals surface area contributed by atoms with Crippen LogP contribution in [-0.4, -0.2) is 0 Å². The van der Waals surface area contributed by atoms with E-state index in [9.17, 15) is 0 Å². The van der Waals surface area contributed by atoms with Crippen LogP contribution in [0.15, 0.2) is 146 Å². The van der Waals surface area contributed by atoms with Crippen molar-refractivity contribution in [3.63, 3.8) is 0 Å². The van der Waals surface area contributed by atoms with Gasteiger partial charge in [0.25, 0.3) is 0 Å². The quantitative estimate of drug-likeness (QED) is 0.135. The summed E-state index contributed by atoms with van der Waals surface area (Å²) in [6.07, 6.45) is 0. The summed E-state index contributed by atoms with van der Waals surface area (Å²) in [5.41, 5.74) is 16.1. The van der Waals surface area contributed by atoms with Gasteiger partial charge < -0.3 is 0 Å². The molecule has 286 valence electrons. The Morgan fingerprint density at radius 3 is 0.433 bits per heavy atom. The van der Waals surface area contributed by atoms with Crippen LogP contribution in [-0.2, 0) is 0 Å². The van der Waals surface area contributed by atoms with Crippen molar-refractivity contribution in [2.24, 2.45) is 0 Å². The molecule has 0 bridgehead atoms. The van der Waals surface area contributed by atoms with Gasteiger partial charge in [0.15, 0.2) is 0 Å². The Morgan fingerprint density at radius 2 is 0.317 bits per heavy atom. The third-order valence-electron chi connectivity index (χ3n) is 9.80. The molecule has 60 heavy (non-hydrogen) atoms. The lowest BCUT2D eigenvalue weighted by molar-refractivity contribution is 1.42. The molecule has 0 aromatic heterocycles. The molecule has 7 aromatic rings. The van der Waals surface area contributed by atoms with Crippen LogP contribution in [0.25, 0.3) is 0 Å². The summed E-state index contributed by atoms with van der Waals surface area (Å²) in [7, 11) is 0. The zero-order chi connectivity index (χ0) is 45.8. The Morgan fingerprint density at radius 1 is 0.200 bits per heavy atom. The number of hydrogen-bond donors (Lipinski definition) is 0. The van der Waals surface area contributed by atoms with E-state index in [1.165, 1.54) is 0 Å². The van der Waals surface area contributed by atoms with Crippen LogP contribution in [0, 0.1) is 113 Å². The first-order chi connectivity index (χ1) is 31.2. The van der Waals surface area contributed by atoms with Gasteiger partial charge in [-0.25, -0.2) is 0 Å². The molecule has 0 aliphatic rings. The molecule has 0 saturated carbocycles. The van der Waals surface area contributed by atoms with Crippen LogP contribution in [0.4, 0.5) is 0 Å². The van der Waals surface area contributed by atoms with Crippen LogP contribution < -0.4 is 0 Å². The number of hydrogen-bond acceptors (Lipinski definition) is 0. The molecule has 0 unspecified atom stereocenters. The molecule has 0 nitrogen and oxygen atoms in total. The lowest BCUT2D eigenvalue weighted by Gasteiger charge is -2.13. The smallest absolute Gasteiger partial charge is 0.0588 e. The third-order valence-corrected chi connectivity index (χ3v) is 9.80. The van der Waals surface area contributed by atoms with Crippen LogP contribution in [0.1, 0.15) is 106 Å². The highest BCUT2D eigenvalue weighted by atomic mass is 14.2. The van der Waals surface area contributed by atoms with Crippen LogP contribution in [0.5, 0.6) is 0 Å². The summed E-state index contributed by atoms with van der Waals surface area (Å²) < 4.78 is 20.0. The lowest BCUT2D eigenvalue weighted by atomic mass is 9.86. The van der Waals surface area contributed by atoms with E-state index >= 15 is 0 Å². The fraction of sp³-hybridized carbons (Fsp3) is 0.100. The monoisotopic (exact) mass is 770 g/mol. The average molecular weight is 771 g/mol. The summed E-state index contributed by atoms with van der Waals surface area (Å²) in [6, 6.07) is 49.3. The van der Waals surface area contributed by atoms with Gasteiger partial charge in [-0.05, 0) is 114 Å². The minimum absolute atomic E-state index is 0.650. The van der Waals surface area contributed by atoms with Crippen LogP contribution in [0.3, 0.4) is 0 Å². The third kappa shape index (κ3) is 10.6. The minimum Gasteiger partial charge on any atom is -0.0616 e. The zero-order valence-corrected chi connectivity index (χ0v) is 34.9. The Kier molecular flexibility index (Phi) is 11.8. The van der Waals surface area contributed by atoms with Gasteiger partial charge in [-0.15, -0.1) is 0 Å². The fourth-order valence-electron chi connectivity index (χ4n) is 6.13. The molecule has 0 spiro atoms. The highest BCUT2D eigenvalue weighted by molar-refractivity contribution is 5.78. The normalized spacial score (nSPS) is 9.97. The van der Waals surface area contributed by atoms with E-state index in [0.717, 1.165) is 66.8 Å². The van der Waals surface area contributed by atoms with Gasteiger partial charge in [-0.2, -0.15) is 0 Å². The molecule has 0 fully saturated rings. The summed E-state index contributed by atoms with van der Waals surface area (Å²) in [5.74, 6) is 42.2. The highest BCUT2D eigenvalue weighted by Gasteiger charge is 2.20. The maximum atomic E-state index is 5.00. The topological polar surface area (TPSA) is 0 Å². The SMILES string of the molecule is Cc1ccc(C#Cc2c(C#Cc3ccc(C)cc3)c(C#Cc3ccc(C)cc3)c(C#Cc3ccc(C)cc3)c(C#Cc3ccc(C)cc3)c2C#Cc2ccc(C)cc2)cc1.[2H][2H].[2H][2H]. The Hall–Kier alpha value is -8.10. The fourth-order valence-corrected chi connectivity index (χ4v) is 6.13. The van der Waals surface area contributed by atoms with Crippen molar-refractivity contribution in [2.75, 3.05) is 0 Å². The lowest BCUT2D eigenvalue weighted by Crippen LogP contribution is -2.05. The summed E-state index contributed by atoms with van der Waals surface area (Å²) in [5, 5.41) is 0. The van der Waals surface area contributed by atoms with Gasteiger partial charge in [0.2, 0.25) is 0 Å². The molecule has 0 heterocycles. The Bertz CT molecular complexity index is 2520. The first-order valence-electron chi connectivity index (χ1n) is 21.9. The predicted molar refractivity (Wildman–Crippen MR) is 254 cm³/mol. The summed E-state index contributed by atoms with van der Waals surface area (Å²) in [4.78, 5) is 0. The highest BCUT2D eigenvalue weighted by Crippen LogP contribution is 2.28. The average Bonchev–Trinajstić information content (AvgIpc) is 3.32. The Labute approximate surface area is 363 Å². The first kappa shape index (κ1) is 37.5. The van der Waals surface area contributed by atoms with Gasteiger partial charge in [0.1, 0.15) is 0 Å². The van der Waals surface area contributed by atoms with E-state index in [4.69, 9.17) is 5.94 Å². The van der Waals surface area contributed by atoms with Crippen molar-refractivity contribution in [1.82, 2.24) is 0 Å². The second-order valence-electron chi connectivity index (χ2n) is 14.9. The van der Waals surface area contributed by atoms with E-state index < -0.39 is 0 Å². The molecule has 7 rings (SSSR count). The molecule has 0 aliphatic heterocycles.